The molecule has 1 heterocycles. The van der Waals surface area contributed by atoms with Crippen molar-refractivity contribution in [1.29, 1.82) is 0 Å². The predicted molar refractivity (Wildman–Crippen MR) is 78.1 cm³/mol. The van der Waals surface area contributed by atoms with E-state index in [-0.39, 0.29) is 12.0 Å². The lowest BCUT2D eigenvalue weighted by atomic mass is 9.99. The molecule has 1 aromatic carbocycles. The van der Waals surface area contributed by atoms with Gasteiger partial charge >= 0.3 is 5.97 Å². The van der Waals surface area contributed by atoms with Crippen LogP contribution in [0.15, 0.2) is 30.3 Å². The Morgan fingerprint density at radius 3 is 2.65 bits per heavy atom. The van der Waals surface area contributed by atoms with E-state index in [2.05, 4.69) is 5.32 Å². The summed E-state index contributed by atoms with van der Waals surface area (Å²) in [6.45, 7) is 0.381. The van der Waals surface area contributed by atoms with Crippen LogP contribution in [0.5, 0.6) is 0 Å². The van der Waals surface area contributed by atoms with Gasteiger partial charge in [0.15, 0.2) is 0 Å². The fourth-order valence-electron chi connectivity index (χ4n) is 3.54. The molecule has 1 aliphatic heterocycles. The Labute approximate surface area is 120 Å². The van der Waals surface area contributed by atoms with Crippen molar-refractivity contribution in [3.63, 3.8) is 0 Å². The Kier molecular flexibility index (Phi) is 4.36. The van der Waals surface area contributed by atoms with E-state index in [4.69, 9.17) is 4.74 Å². The van der Waals surface area contributed by atoms with Gasteiger partial charge in [-0.1, -0.05) is 43.2 Å². The number of benzene rings is 1. The van der Waals surface area contributed by atoms with Crippen molar-refractivity contribution in [3.8, 4) is 0 Å². The molecule has 1 unspecified atom stereocenters. The summed E-state index contributed by atoms with van der Waals surface area (Å²) in [6, 6.07) is 10.3. The van der Waals surface area contributed by atoms with Gasteiger partial charge in [-0.25, -0.2) is 0 Å². The number of hydrogen-bond donors (Lipinski definition) is 1. The molecular weight excluding hydrogens is 250 g/mol. The summed E-state index contributed by atoms with van der Waals surface area (Å²) in [6.07, 6.45) is 7.16. The second-order valence-electron chi connectivity index (χ2n) is 6.04. The molecule has 1 aliphatic carbocycles. The van der Waals surface area contributed by atoms with Gasteiger partial charge in [0.1, 0.15) is 12.6 Å². The van der Waals surface area contributed by atoms with Crippen LogP contribution in [0.3, 0.4) is 0 Å². The van der Waals surface area contributed by atoms with E-state index in [0.29, 0.717) is 12.6 Å². The normalized spacial score (nSPS) is 29.5. The van der Waals surface area contributed by atoms with Crippen LogP contribution in [-0.2, 0) is 16.1 Å². The van der Waals surface area contributed by atoms with Gasteiger partial charge in [-0.3, -0.25) is 4.79 Å². The third-order valence-electron chi connectivity index (χ3n) is 4.65. The van der Waals surface area contributed by atoms with Crippen LogP contribution in [-0.4, -0.2) is 18.1 Å². The molecule has 108 valence electrons. The Hall–Kier alpha value is -1.35. The molecule has 2 fully saturated rings. The fraction of sp³-hybridized carbons (Fsp3) is 0.588. The van der Waals surface area contributed by atoms with Gasteiger partial charge in [0.05, 0.1) is 0 Å². The van der Waals surface area contributed by atoms with Gasteiger partial charge in [0, 0.05) is 6.04 Å². The molecule has 3 rings (SSSR count). The maximum absolute atomic E-state index is 12.2. The molecule has 1 aromatic rings. The summed E-state index contributed by atoms with van der Waals surface area (Å²) in [5.41, 5.74) is 1.05. The second kappa shape index (κ2) is 6.40. The van der Waals surface area contributed by atoms with E-state index in [1.165, 1.54) is 25.7 Å². The largest absolute Gasteiger partial charge is 0.460 e. The van der Waals surface area contributed by atoms with Gasteiger partial charge < -0.3 is 10.1 Å². The molecule has 0 aromatic heterocycles. The number of ether oxygens (including phenoxy) is 1. The van der Waals surface area contributed by atoms with E-state index in [0.717, 1.165) is 24.3 Å². The molecule has 3 heteroatoms. The summed E-state index contributed by atoms with van der Waals surface area (Å²) in [5, 5.41) is 3.54. The van der Waals surface area contributed by atoms with Gasteiger partial charge in [-0.2, -0.15) is 0 Å². The van der Waals surface area contributed by atoms with E-state index in [9.17, 15) is 4.79 Å². The third-order valence-corrected chi connectivity index (χ3v) is 4.65. The highest BCUT2D eigenvalue weighted by Crippen LogP contribution is 2.32. The number of rotatable bonds is 3. The maximum atomic E-state index is 12.2. The molecule has 2 aliphatic rings. The molecule has 0 amide bonds. The minimum absolute atomic E-state index is 0.0820. The van der Waals surface area contributed by atoms with Crippen molar-refractivity contribution in [2.45, 2.75) is 57.2 Å². The van der Waals surface area contributed by atoms with Crippen molar-refractivity contribution in [2.75, 3.05) is 0 Å². The fourth-order valence-corrected chi connectivity index (χ4v) is 3.54. The first-order valence-corrected chi connectivity index (χ1v) is 7.79. The molecule has 1 N–H and O–H groups in total. The van der Waals surface area contributed by atoms with Crippen LogP contribution in [0.4, 0.5) is 0 Å². The van der Waals surface area contributed by atoms with Gasteiger partial charge in [0.25, 0.3) is 0 Å². The molecule has 0 radical (unpaired) electrons. The summed E-state index contributed by atoms with van der Waals surface area (Å²) >= 11 is 0. The Balaban J connectivity index is 1.54. The zero-order chi connectivity index (χ0) is 13.8. The molecule has 3 nitrogen and oxygen atoms in total. The summed E-state index contributed by atoms with van der Waals surface area (Å²) < 4.78 is 5.47. The number of carbonyl (C=O) groups is 1. The predicted octanol–water partition coefficient (Wildman–Crippen LogP) is 3.04. The lowest BCUT2D eigenvalue weighted by Crippen LogP contribution is -2.43. The van der Waals surface area contributed by atoms with Crippen LogP contribution in [0.2, 0.25) is 0 Å². The van der Waals surface area contributed by atoms with Crippen molar-refractivity contribution in [2.24, 2.45) is 5.92 Å². The SMILES string of the molecule is O=C(OCc1ccccc1)C1CCC[C@H]2CCC[C@H]2N1. The number of carbonyl (C=O) groups excluding carboxylic acids is 1. The van der Waals surface area contributed by atoms with Crippen LogP contribution >= 0.6 is 0 Å². The van der Waals surface area contributed by atoms with Crippen molar-refractivity contribution in [1.82, 2.24) is 5.32 Å². The number of esters is 1. The average molecular weight is 273 g/mol. The third kappa shape index (κ3) is 3.21. The van der Waals surface area contributed by atoms with Gasteiger partial charge in [-0.05, 0) is 37.2 Å². The van der Waals surface area contributed by atoms with Crippen LogP contribution in [0.1, 0.15) is 44.1 Å². The number of hydrogen-bond acceptors (Lipinski definition) is 3. The zero-order valence-corrected chi connectivity index (χ0v) is 11.9. The van der Waals surface area contributed by atoms with Gasteiger partial charge in [-0.15, -0.1) is 0 Å². The van der Waals surface area contributed by atoms with E-state index in [1.54, 1.807) is 0 Å². The van der Waals surface area contributed by atoms with Gasteiger partial charge in [0.2, 0.25) is 0 Å². The Morgan fingerprint density at radius 1 is 1.10 bits per heavy atom. The molecule has 20 heavy (non-hydrogen) atoms. The molecule has 3 atom stereocenters. The highest BCUT2D eigenvalue weighted by Gasteiger charge is 2.34. The first-order chi connectivity index (χ1) is 9.83. The quantitative estimate of drug-likeness (QED) is 0.860. The highest BCUT2D eigenvalue weighted by atomic mass is 16.5. The first-order valence-electron chi connectivity index (χ1n) is 7.79. The molecule has 1 saturated heterocycles. The minimum atomic E-state index is -0.105. The van der Waals surface area contributed by atoms with E-state index in [1.807, 2.05) is 30.3 Å². The standard InChI is InChI=1S/C17H23NO2/c19-17(20-12-13-6-2-1-3-7-13)16-11-5-9-14-8-4-10-15(14)18-16/h1-3,6-7,14-16,18H,4-5,8-12H2/t14-,15-,16?/m1/s1. The number of fused-ring (bicyclic) bond motifs is 1. The monoisotopic (exact) mass is 273 g/mol. The Morgan fingerprint density at radius 2 is 1.85 bits per heavy atom. The smallest absolute Gasteiger partial charge is 0.323 e. The van der Waals surface area contributed by atoms with Crippen LogP contribution in [0.25, 0.3) is 0 Å². The molecule has 1 saturated carbocycles. The first kappa shape index (κ1) is 13.6. The van der Waals surface area contributed by atoms with Crippen molar-refractivity contribution in [3.05, 3.63) is 35.9 Å². The second-order valence-corrected chi connectivity index (χ2v) is 6.04. The van der Waals surface area contributed by atoms with E-state index >= 15 is 0 Å². The maximum Gasteiger partial charge on any atom is 0.323 e. The van der Waals surface area contributed by atoms with Crippen LogP contribution in [0, 0.1) is 5.92 Å². The van der Waals surface area contributed by atoms with Crippen molar-refractivity contribution >= 4 is 5.97 Å². The Bertz CT molecular complexity index is 446. The average Bonchev–Trinajstić information content (AvgIpc) is 2.83. The lowest BCUT2D eigenvalue weighted by Gasteiger charge is -2.21. The molecule has 0 spiro atoms. The lowest BCUT2D eigenvalue weighted by molar-refractivity contribution is -0.147. The summed E-state index contributed by atoms with van der Waals surface area (Å²) in [5.74, 6) is 0.698. The highest BCUT2D eigenvalue weighted by molar-refractivity contribution is 5.75. The van der Waals surface area contributed by atoms with Crippen LogP contribution < -0.4 is 5.32 Å². The number of nitrogens with one attached hydrogen (secondary N) is 1. The van der Waals surface area contributed by atoms with E-state index < -0.39 is 0 Å². The molecular formula is C17H23NO2. The summed E-state index contributed by atoms with van der Waals surface area (Å²) in [4.78, 5) is 12.2. The van der Waals surface area contributed by atoms with Crippen molar-refractivity contribution < 1.29 is 9.53 Å². The topological polar surface area (TPSA) is 38.3 Å². The minimum Gasteiger partial charge on any atom is -0.460 e. The molecule has 0 bridgehead atoms. The summed E-state index contributed by atoms with van der Waals surface area (Å²) in [7, 11) is 0. The zero-order valence-electron chi connectivity index (χ0n) is 11.9.